The number of hydrogen-bond acceptors (Lipinski definition) is 2. The topological polar surface area (TPSA) is 46.3 Å². The lowest BCUT2D eigenvalue weighted by Crippen LogP contribution is -2.40. The van der Waals surface area contributed by atoms with Crippen molar-refractivity contribution in [2.24, 2.45) is 5.73 Å². The molecule has 0 saturated carbocycles. The smallest absolute Gasteiger partial charge is 0.239 e. The van der Waals surface area contributed by atoms with Gasteiger partial charge in [-0.3, -0.25) is 9.69 Å². The number of nitrogens with zero attached hydrogens (tertiary/aromatic N) is 1. The molecule has 2 rings (SSSR count). The summed E-state index contributed by atoms with van der Waals surface area (Å²) in [7, 11) is 0. The van der Waals surface area contributed by atoms with Crippen LogP contribution in [0.25, 0.3) is 0 Å². The van der Waals surface area contributed by atoms with Gasteiger partial charge in [-0.1, -0.05) is 36.2 Å². The van der Waals surface area contributed by atoms with Gasteiger partial charge >= 0.3 is 0 Å². The summed E-state index contributed by atoms with van der Waals surface area (Å²) in [4.78, 5) is 13.9. The largest absolute Gasteiger partial charge is 0.368 e. The average Bonchev–Trinajstić information content (AvgIpc) is 2.33. The summed E-state index contributed by atoms with van der Waals surface area (Å²) < 4.78 is 0. The zero-order chi connectivity index (χ0) is 12.3. The van der Waals surface area contributed by atoms with Gasteiger partial charge in [0.05, 0.1) is 0 Å². The molecule has 0 spiro atoms. The van der Waals surface area contributed by atoms with E-state index in [1.165, 1.54) is 12.0 Å². The molecule has 1 aliphatic rings. The molecule has 1 aromatic rings. The van der Waals surface area contributed by atoms with E-state index in [0.717, 1.165) is 31.5 Å². The molecule has 17 heavy (non-hydrogen) atoms. The molecular weight excluding hydrogens is 212 g/mol. The van der Waals surface area contributed by atoms with E-state index in [9.17, 15) is 4.79 Å². The van der Waals surface area contributed by atoms with Gasteiger partial charge in [0.15, 0.2) is 0 Å². The number of rotatable bonds is 3. The molecule has 0 unspecified atom stereocenters. The molecule has 0 aliphatic carbocycles. The molecule has 0 bridgehead atoms. The van der Waals surface area contributed by atoms with Gasteiger partial charge in [0.1, 0.15) is 6.04 Å². The third-order valence-electron chi connectivity index (χ3n) is 3.42. The van der Waals surface area contributed by atoms with Crippen molar-refractivity contribution in [2.45, 2.75) is 32.2 Å². The Balaban J connectivity index is 2.21. The van der Waals surface area contributed by atoms with Crippen LogP contribution in [0.15, 0.2) is 24.3 Å². The van der Waals surface area contributed by atoms with E-state index in [-0.39, 0.29) is 11.9 Å². The normalized spacial score (nSPS) is 18.9. The summed E-state index contributed by atoms with van der Waals surface area (Å²) in [6, 6.07) is 7.85. The molecule has 1 fully saturated rings. The number of amides is 1. The number of carbonyl (C=O) groups is 1. The Bertz CT molecular complexity index is 380. The van der Waals surface area contributed by atoms with Gasteiger partial charge in [0.2, 0.25) is 5.91 Å². The van der Waals surface area contributed by atoms with Crippen LogP contribution in [0.2, 0.25) is 0 Å². The van der Waals surface area contributed by atoms with Crippen LogP contribution in [-0.2, 0) is 4.79 Å². The Hall–Kier alpha value is -1.35. The van der Waals surface area contributed by atoms with E-state index in [0.29, 0.717) is 0 Å². The third-order valence-corrected chi connectivity index (χ3v) is 3.42. The van der Waals surface area contributed by atoms with Crippen LogP contribution in [-0.4, -0.2) is 23.9 Å². The summed E-state index contributed by atoms with van der Waals surface area (Å²) in [5.74, 6) is -0.240. The molecule has 1 saturated heterocycles. The lowest BCUT2D eigenvalue weighted by Gasteiger charge is -2.32. The Kier molecular flexibility index (Phi) is 3.79. The summed E-state index contributed by atoms with van der Waals surface area (Å²) in [5.41, 5.74) is 7.78. The lowest BCUT2D eigenvalue weighted by molar-refractivity contribution is -0.123. The van der Waals surface area contributed by atoms with Crippen LogP contribution in [0.3, 0.4) is 0 Å². The van der Waals surface area contributed by atoms with Crippen molar-refractivity contribution in [3.63, 3.8) is 0 Å². The first kappa shape index (κ1) is 12.1. The van der Waals surface area contributed by atoms with Gasteiger partial charge in [-0.2, -0.15) is 0 Å². The van der Waals surface area contributed by atoms with Gasteiger partial charge in [0, 0.05) is 0 Å². The van der Waals surface area contributed by atoms with Crippen LogP contribution in [0.1, 0.15) is 36.4 Å². The van der Waals surface area contributed by atoms with Gasteiger partial charge in [-0.05, 0) is 38.4 Å². The van der Waals surface area contributed by atoms with E-state index in [1.807, 2.05) is 31.2 Å². The fourth-order valence-corrected chi connectivity index (χ4v) is 2.48. The molecule has 1 amide bonds. The number of benzene rings is 1. The number of aryl methyl sites for hydroxylation is 1. The summed E-state index contributed by atoms with van der Waals surface area (Å²) in [5, 5.41) is 0. The molecule has 1 atom stereocenters. The van der Waals surface area contributed by atoms with E-state index in [4.69, 9.17) is 5.73 Å². The minimum atomic E-state index is -0.254. The van der Waals surface area contributed by atoms with Crippen LogP contribution in [0.4, 0.5) is 0 Å². The van der Waals surface area contributed by atoms with Crippen molar-refractivity contribution in [3.05, 3.63) is 35.4 Å². The van der Waals surface area contributed by atoms with E-state index >= 15 is 0 Å². The van der Waals surface area contributed by atoms with Crippen LogP contribution in [0, 0.1) is 6.92 Å². The zero-order valence-corrected chi connectivity index (χ0v) is 10.4. The van der Waals surface area contributed by atoms with Crippen LogP contribution < -0.4 is 5.73 Å². The molecule has 0 radical (unpaired) electrons. The SMILES string of the molecule is Cc1ccc([C@H](C(N)=O)N2CCCCC2)cc1. The Morgan fingerprint density at radius 2 is 1.76 bits per heavy atom. The second-order valence-electron chi connectivity index (χ2n) is 4.81. The summed E-state index contributed by atoms with van der Waals surface area (Å²) in [6.07, 6.45) is 3.58. The molecule has 1 heterocycles. The van der Waals surface area contributed by atoms with Gasteiger partial charge in [-0.15, -0.1) is 0 Å². The Morgan fingerprint density at radius 3 is 2.29 bits per heavy atom. The summed E-state index contributed by atoms with van der Waals surface area (Å²) >= 11 is 0. The van der Waals surface area contributed by atoms with E-state index < -0.39 is 0 Å². The fourth-order valence-electron chi connectivity index (χ4n) is 2.48. The van der Waals surface area contributed by atoms with Gasteiger partial charge in [0.25, 0.3) is 0 Å². The molecule has 0 aromatic heterocycles. The first-order valence-electron chi connectivity index (χ1n) is 6.28. The molecule has 1 aliphatic heterocycles. The maximum absolute atomic E-state index is 11.7. The number of likely N-dealkylation sites (tertiary alicyclic amines) is 1. The quantitative estimate of drug-likeness (QED) is 0.866. The van der Waals surface area contributed by atoms with Crippen LogP contribution >= 0.6 is 0 Å². The molecule has 92 valence electrons. The standard InChI is InChI=1S/C14H20N2O/c1-11-5-7-12(8-6-11)13(14(15)17)16-9-3-2-4-10-16/h5-8,13H,2-4,9-10H2,1H3,(H2,15,17)/t13-/m1/s1. The van der Waals surface area contributed by atoms with Crippen molar-refractivity contribution in [3.8, 4) is 0 Å². The second-order valence-corrected chi connectivity index (χ2v) is 4.81. The molecule has 3 heteroatoms. The maximum Gasteiger partial charge on any atom is 0.239 e. The maximum atomic E-state index is 11.7. The fraction of sp³-hybridized carbons (Fsp3) is 0.500. The minimum absolute atomic E-state index is 0.240. The van der Waals surface area contributed by atoms with Crippen molar-refractivity contribution in [1.29, 1.82) is 0 Å². The average molecular weight is 232 g/mol. The predicted molar refractivity (Wildman–Crippen MR) is 68.5 cm³/mol. The van der Waals surface area contributed by atoms with Crippen molar-refractivity contribution in [2.75, 3.05) is 13.1 Å². The van der Waals surface area contributed by atoms with Crippen molar-refractivity contribution < 1.29 is 4.79 Å². The molecular formula is C14H20N2O. The summed E-state index contributed by atoms with van der Waals surface area (Å²) in [6.45, 7) is 3.99. The first-order valence-corrected chi connectivity index (χ1v) is 6.28. The highest BCUT2D eigenvalue weighted by molar-refractivity contribution is 5.81. The predicted octanol–water partition coefficient (Wildman–Crippen LogP) is 2.01. The molecule has 3 nitrogen and oxygen atoms in total. The number of carbonyl (C=O) groups excluding carboxylic acids is 1. The van der Waals surface area contributed by atoms with E-state index in [1.54, 1.807) is 0 Å². The Labute approximate surface area is 103 Å². The van der Waals surface area contributed by atoms with Crippen molar-refractivity contribution >= 4 is 5.91 Å². The van der Waals surface area contributed by atoms with Crippen LogP contribution in [0.5, 0.6) is 0 Å². The molecule has 2 N–H and O–H groups in total. The number of primary amides is 1. The second kappa shape index (κ2) is 5.32. The highest BCUT2D eigenvalue weighted by Gasteiger charge is 2.26. The van der Waals surface area contributed by atoms with Gasteiger partial charge < -0.3 is 5.73 Å². The highest BCUT2D eigenvalue weighted by Crippen LogP contribution is 2.24. The van der Waals surface area contributed by atoms with Crippen molar-refractivity contribution in [1.82, 2.24) is 4.90 Å². The van der Waals surface area contributed by atoms with Gasteiger partial charge in [-0.25, -0.2) is 0 Å². The Morgan fingerprint density at radius 1 is 1.18 bits per heavy atom. The number of hydrogen-bond donors (Lipinski definition) is 1. The van der Waals surface area contributed by atoms with E-state index in [2.05, 4.69) is 4.90 Å². The lowest BCUT2D eigenvalue weighted by atomic mass is 10.0. The monoisotopic (exact) mass is 232 g/mol. The minimum Gasteiger partial charge on any atom is -0.368 e. The molecule has 1 aromatic carbocycles. The number of piperidine rings is 1. The number of nitrogens with two attached hydrogens (primary N) is 1. The highest BCUT2D eigenvalue weighted by atomic mass is 16.1. The third kappa shape index (κ3) is 2.86. The zero-order valence-electron chi connectivity index (χ0n) is 10.4. The first-order chi connectivity index (χ1) is 8.18.